The maximum absolute atomic E-state index is 11.1. The van der Waals surface area contributed by atoms with E-state index in [0.29, 0.717) is 6.42 Å². The summed E-state index contributed by atoms with van der Waals surface area (Å²) >= 11 is 0. The molecule has 0 aliphatic heterocycles. The molecular weight excluding hydrogens is 140 g/mol. The summed E-state index contributed by atoms with van der Waals surface area (Å²) in [5.41, 5.74) is 0.0358. The standard InChI is InChI=1S/C9H18O2/c1-5-9(3,4)6-8(11)7(2)10/h7,10H,5-6H2,1-4H3. The molecule has 0 aliphatic rings. The lowest BCUT2D eigenvalue weighted by molar-refractivity contribution is -0.128. The molecule has 0 aromatic heterocycles. The van der Waals surface area contributed by atoms with E-state index >= 15 is 0 Å². The highest BCUT2D eigenvalue weighted by Gasteiger charge is 2.21. The van der Waals surface area contributed by atoms with Crippen LogP contribution in [-0.2, 0) is 4.79 Å². The molecule has 0 saturated heterocycles. The zero-order chi connectivity index (χ0) is 9.07. The molecule has 0 heterocycles. The van der Waals surface area contributed by atoms with Gasteiger partial charge >= 0.3 is 0 Å². The second kappa shape index (κ2) is 3.86. The molecule has 66 valence electrons. The van der Waals surface area contributed by atoms with Crippen LogP contribution in [0, 0.1) is 5.41 Å². The lowest BCUT2D eigenvalue weighted by atomic mass is 9.84. The largest absolute Gasteiger partial charge is 0.386 e. The van der Waals surface area contributed by atoms with Crippen molar-refractivity contribution < 1.29 is 9.90 Å². The Kier molecular flexibility index (Phi) is 3.73. The van der Waals surface area contributed by atoms with Crippen molar-refractivity contribution in [3.05, 3.63) is 0 Å². The van der Waals surface area contributed by atoms with Crippen molar-refractivity contribution in [2.75, 3.05) is 0 Å². The summed E-state index contributed by atoms with van der Waals surface area (Å²) in [5.74, 6) is -0.0585. The normalized spacial score (nSPS) is 14.6. The molecule has 0 aromatic carbocycles. The molecule has 0 aromatic rings. The highest BCUT2D eigenvalue weighted by molar-refractivity contribution is 5.82. The van der Waals surface area contributed by atoms with E-state index in [0.717, 1.165) is 6.42 Å². The molecule has 0 bridgehead atoms. The van der Waals surface area contributed by atoms with Gasteiger partial charge in [0.2, 0.25) is 0 Å². The molecular formula is C9H18O2. The van der Waals surface area contributed by atoms with E-state index in [4.69, 9.17) is 5.11 Å². The maximum atomic E-state index is 11.1. The Morgan fingerprint density at radius 2 is 2.00 bits per heavy atom. The number of ketones is 1. The number of carbonyl (C=O) groups is 1. The van der Waals surface area contributed by atoms with Crippen LogP contribution in [0.4, 0.5) is 0 Å². The van der Waals surface area contributed by atoms with Crippen LogP contribution in [0.25, 0.3) is 0 Å². The van der Waals surface area contributed by atoms with Crippen LogP contribution in [0.3, 0.4) is 0 Å². The third-order valence-corrected chi connectivity index (χ3v) is 2.08. The molecule has 1 unspecified atom stereocenters. The van der Waals surface area contributed by atoms with Gasteiger partial charge in [0.25, 0.3) is 0 Å². The van der Waals surface area contributed by atoms with Gasteiger partial charge in [0.1, 0.15) is 6.10 Å². The average molecular weight is 158 g/mol. The van der Waals surface area contributed by atoms with Crippen LogP contribution in [0.2, 0.25) is 0 Å². The molecule has 0 radical (unpaired) electrons. The summed E-state index contributed by atoms with van der Waals surface area (Å²) in [5, 5.41) is 8.93. The van der Waals surface area contributed by atoms with Gasteiger partial charge in [-0.3, -0.25) is 4.79 Å². The summed E-state index contributed by atoms with van der Waals surface area (Å²) in [7, 11) is 0. The van der Waals surface area contributed by atoms with Crippen LogP contribution in [0.1, 0.15) is 40.5 Å². The molecule has 0 saturated carbocycles. The van der Waals surface area contributed by atoms with E-state index in [9.17, 15) is 4.79 Å². The summed E-state index contributed by atoms with van der Waals surface area (Å²) in [6.45, 7) is 7.64. The van der Waals surface area contributed by atoms with E-state index in [1.54, 1.807) is 0 Å². The second-order valence-corrected chi connectivity index (χ2v) is 3.84. The van der Waals surface area contributed by atoms with Gasteiger partial charge in [-0.15, -0.1) is 0 Å². The Balaban J connectivity index is 3.94. The van der Waals surface area contributed by atoms with Gasteiger partial charge in [0, 0.05) is 6.42 Å². The topological polar surface area (TPSA) is 37.3 Å². The van der Waals surface area contributed by atoms with E-state index in [1.807, 2.05) is 13.8 Å². The zero-order valence-corrected chi connectivity index (χ0v) is 7.85. The number of carbonyl (C=O) groups excluding carboxylic acids is 1. The molecule has 0 rings (SSSR count). The monoisotopic (exact) mass is 158 g/mol. The lowest BCUT2D eigenvalue weighted by Gasteiger charge is -2.21. The fourth-order valence-electron chi connectivity index (χ4n) is 0.744. The predicted molar refractivity (Wildman–Crippen MR) is 45.4 cm³/mol. The van der Waals surface area contributed by atoms with E-state index in [-0.39, 0.29) is 11.2 Å². The van der Waals surface area contributed by atoms with Crippen LogP contribution < -0.4 is 0 Å². The first-order valence-corrected chi connectivity index (χ1v) is 4.10. The highest BCUT2D eigenvalue weighted by Crippen LogP contribution is 2.24. The summed E-state index contributed by atoms with van der Waals surface area (Å²) in [6, 6.07) is 0. The lowest BCUT2D eigenvalue weighted by Crippen LogP contribution is -2.23. The van der Waals surface area contributed by atoms with Crippen LogP contribution in [0.15, 0.2) is 0 Å². The SMILES string of the molecule is CCC(C)(C)CC(=O)C(C)O. The van der Waals surface area contributed by atoms with Crippen LogP contribution in [-0.4, -0.2) is 17.0 Å². The average Bonchev–Trinajstić information content (AvgIpc) is 1.87. The molecule has 0 fully saturated rings. The van der Waals surface area contributed by atoms with Crippen LogP contribution in [0.5, 0.6) is 0 Å². The number of Topliss-reactive ketones (excluding diaryl/α,β-unsaturated/α-hetero) is 1. The van der Waals surface area contributed by atoms with Gasteiger partial charge in [-0.1, -0.05) is 27.2 Å². The van der Waals surface area contributed by atoms with E-state index < -0.39 is 6.10 Å². The first kappa shape index (κ1) is 10.6. The van der Waals surface area contributed by atoms with E-state index in [2.05, 4.69) is 6.92 Å². The van der Waals surface area contributed by atoms with Crippen molar-refractivity contribution in [2.45, 2.75) is 46.6 Å². The molecule has 0 aliphatic carbocycles. The van der Waals surface area contributed by atoms with Crippen LogP contribution >= 0.6 is 0 Å². The summed E-state index contributed by atoms with van der Waals surface area (Å²) in [4.78, 5) is 11.1. The van der Waals surface area contributed by atoms with Gasteiger partial charge in [-0.25, -0.2) is 0 Å². The van der Waals surface area contributed by atoms with Crippen molar-refractivity contribution in [1.82, 2.24) is 0 Å². The highest BCUT2D eigenvalue weighted by atomic mass is 16.3. The Hall–Kier alpha value is -0.370. The molecule has 11 heavy (non-hydrogen) atoms. The minimum atomic E-state index is -0.805. The van der Waals surface area contributed by atoms with Crippen molar-refractivity contribution in [2.24, 2.45) is 5.41 Å². The zero-order valence-electron chi connectivity index (χ0n) is 7.85. The third-order valence-electron chi connectivity index (χ3n) is 2.08. The third kappa shape index (κ3) is 4.14. The smallest absolute Gasteiger partial charge is 0.161 e. The fourth-order valence-corrected chi connectivity index (χ4v) is 0.744. The van der Waals surface area contributed by atoms with Gasteiger partial charge < -0.3 is 5.11 Å². The summed E-state index contributed by atoms with van der Waals surface area (Å²) < 4.78 is 0. The Labute approximate surface area is 68.6 Å². The van der Waals surface area contributed by atoms with Crippen molar-refractivity contribution >= 4 is 5.78 Å². The van der Waals surface area contributed by atoms with Crippen molar-refractivity contribution in [1.29, 1.82) is 0 Å². The van der Waals surface area contributed by atoms with Gasteiger partial charge in [-0.2, -0.15) is 0 Å². The Bertz CT molecular complexity index is 136. The molecule has 2 nitrogen and oxygen atoms in total. The van der Waals surface area contributed by atoms with E-state index in [1.165, 1.54) is 6.92 Å². The van der Waals surface area contributed by atoms with Crippen molar-refractivity contribution in [3.63, 3.8) is 0 Å². The first-order chi connectivity index (χ1) is 4.89. The number of rotatable bonds is 4. The number of aliphatic hydroxyl groups excluding tert-OH is 1. The number of hydrogen-bond donors (Lipinski definition) is 1. The number of aliphatic hydroxyl groups is 1. The molecule has 1 N–H and O–H groups in total. The minimum absolute atomic E-state index is 0.0358. The molecule has 1 atom stereocenters. The van der Waals surface area contributed by atoms with Crippen molar-refractivity contribution in [3.8, 4) is 0 Å². The quantitative estimate of drug-likeness (QED) is 0.677. The maximum Gasteiger partial charge on any atom is 0.161 e. The summed E-state index contributed by atoms with van der Waals surface area (Å²) in [6.07, 6.45) is 0.632. The fraction of sp³-hybridized carbons (Fsp3) is 0.889. The molecule has 0 spiro atoms. The van der Waals surface area contributed by atoms with Gasteiger partial charge in [-0.05, 0) is 12.3 Å². The second-order valence-electron chi connectivity index (χ2n) is 3.84. The minimum Gasteiger partial charge on any atom is -0.386 e. The Morgan fingerprint density at radius 1 is 1.55 bits per heavy atom. The first-order valence-electron chi connectivity index (χ1n) is 4.10. The molecule has 0 amide bonds. The Morgan fingerprint density at radius 3 is 2.27 bits per heavy atom. The molecule has 2 heteroatoms. The predicted octanol–water partition coefficient (Wildman–Crippen LogP) is 1.76. The number of hydrogen-bond acceptors (Lipinski definition) is 2. The van der Waals surface area contributed by atoms with Gasteiger partial charge in [0.05, 0.1) is 0 Å². The van der Waals surface area contributed by atoms with Gasteiger partial charge in [0.15, 0.2) is 5.78 Å².